The average Bonchev–Trinajstić information content (AvgIpc) is 3.15. The van der Waals surface area contributed by atoms with Gasteiger partial charge in [0.25, 0.3) is 0 Å². The van der Waals surface area contributed by atoms with Crippen LogP contribution in [0.4, 0.5) is 0 Å². The van der Waals surface area contributed by atoms with E-state index in [0.717, 1.165) is 56.3 Å². The molecule has 1 atom stereocenters. The Bertz CT molecular complexity index is 667. The fourth-order valence-electron chi connectivity index (χ4n) is 3.71. The van der Waals surface area contributed by atoms with Crippen LogP contribution in [0.1, 0.15) is 23.4 Å². The molecular formula is C18H23N3O3. The predicted octanol–water partition coefficient (Wildman–Crippen LogP) is 2.19. The highest BCUT2D eigenvalue weighted by molar-refractivity contribution is 5.10. The molecule has 4 heterocycles. The average molecular weight is 329 g/mol. The van der Waals surface area contributed by atoms with Crippen molar-refractivity contribution < 1.29 is 14.0 Å². The van der Waals surface area contributed by atoms with Crippen molar-refractivity contribution in [1.29, 1.82) is 0 Å². The first-order valence-corrected chi connectivity index (χ1v) is 8.49. The van der Waals surface area contributed by atoms with E-state index >= 15 is 0 Å². The number of nitrogens with zero attached hydrogens (tertiary/aromatic N) is 3. The molecule has 0 unspecified atom stereocenters. The van der Waals surface area contributed by atoms with Crippen molar-refractivity contribution in [2.75, 3.05) is 26.3 Å². The molecule has 2 aromatic rings. The molecule has 0 aromatic carbocycles. The molecule has 0 saturated carbocycles. The highest BCUT2D eigenvalue weighted by Gasteiger charge is 2.52. The molecule has 2 fully saturated rings. The van der Waals surface area contributed by atoms with Crippen LogP contribution in [0.2, 0.25) is 0 Å². The molecule has 0 N–H and O–H groups in total. The van der Waals surface area contributed by atoms with E-state index in [-0.39, 0.29) is 5.60 Å². The largest absolute Gasteiger partial charge is 0.376 e. The summed E-state index contributed by atoms with van der Waals surface area (Å²) in [6, 6.07) is 5.98. The van der Waals surface area contributed by atoms with Crippen LogP contribution in [0, 0.1) is 12.8 Å². The minimum absolute atomic E-state index is 0.0307. The fourth-order valence-corrected chi connectivity index (χ4v) is 3.71. The number of ether oxygens (including phenoxy) is 2. The van der Waals surface area contributed by atoms with Crippen LogP contribution in [0.5, 0.6) is 0 Å². The number of pyridine rings is 1. The van der Waals surface area contributed by atoms with Crippen molar-refractivity contribution in [3.05, 3.63) is 47.6 Å². The molecular weight excluding hydrogens is 306 g/mol. The number of hydrogen-bond acceptors (Lipinski definition) is 6. The summed E-state index contributed by atoms with van der Waals surface area (Å²) in [6.45, 7) is 6.86. The van der Waals surface area contributed by atoms with Gasteiger partial charge in [-0.3, -0.25) is 9.88 Å². The molecule has 2 aromatic heterocycles. The Balaban J connectivity index is 1.26. The molecule has 0 bridgehead atoms. The van der Waals surface area contributed by atoms with Gasteiger partial charge in [0.15, 0.2) is 0 Å². The third-order valence-corrected chi connectivity index (χ3v) is 4.98. The summed E-state index contributed by atoms with van der Waals surface area (Å²) in [6.07, 6.45) is 4.68. The molecule has 0 aliphatic carbocycles. The molecule has 2 aliphatic heterocycles. The first kappa shape index (κ1) is 15.7. The Labute approximate surface area is 141 Å². The Morgan fingerprint density at radius 1 is 1.33 bits per heavy atom. The van der Waals surface area contributed by atoms with E-state index in [0.29, 0.717) is 12.5 Å². The van der Waals surface area contributed by atoms with Gasteiger partial charge in [-0.2, -0.15) is 0 Å². The minimum Gasteiger partial charge on any atom is -0.376 e. The first-order chi connectivity index (χ1) is 11.7. The second-order valence-corrected chi connectivity index (χ2v) is 6.84. The molecule has 2 aliphatic rings. The van der Waals surface area contributed by atoms with Crippen LogP contribution in [0.25, 0.3) is 0 Å². The van der Waals surface area contributed by atoms with Crippen LogP contribution in [0.15, 0.2) is 35.1 Å². The maximum atomic E-state index is 6.09. The maximum absolute atomic E-state index is 6.09. The molecule has 24 heavy (non-hydrogen) atoms. The molecule has 0 amide bonds. The smallest absolute Gasteiger partial charge is 0.133 e. The van der Waals surface area contributed by atoms with E-state index in [1.54, 1.807) is 12.4 Å². The van der Waals surface area contributed by atoms with Crippen molar-refractivity contribution in [2.24, 2.45) is 5.92 Å². The van der Waals surface area contributed by atoms with Gasteiger partial charge in [-0.05, 0) is 31.0 Å². The van der Waals surface area contributed by atoms with E-state index in [9.17, 15) is 0 Å². The zero-order valence-electron chi connectivity index (χ0n) is 14.0. The summed E-state index contributed by atoms with van der Waals surface area (Å²) >= 11 is 0. The van der Waals surface area contributed by atoms with E-state index in [1.165, 1.54) is 0 Å². The lowest BCUT2D eigenvalue weighted by molar-refractivity contribution is -0.147. The van der Waals surface area contributed by atoms with Gasteiger partial charge in [0.1, 0.15) is 5.76 Å². The molecule has 4 rings (SSSR count). The highest BCUT2D eigenvalue weighted by Crippen LogP contribution is 2.40. The number of rotatable bonds is 6. The normalized spacial score (nSPS) is 22.8. The van der Waals surface area contributed by atoms with Gasteiger partial charge < -0.3 is 14.0 Å². The van der Waals surface area contributed by atoms with Crippen molar-refractivity contribution in [3.63, 3.8) is 0 Å². The van der Waals surface area contributed by atoms with E-state index in [4.69, 9.17) is 14.0 Å². The van der Waals surface area contributed by atoms with Gasteiger partial charge >= 0.3 is 0 Å². The van der Waals surface area contributed by atoms with Crippen molar-refractivity contribution in [3.8, 4) is 0 Å². The molecule has 6 nitrogen and oxygen atoms in total. The Morgan fingerprint density at radius 2 is 2.17 bits per heavy atom. The number of aryl methyl sites for hydroxylation is 1. The quantitative estimate of drug-likeness (QED) is 0.809. The number of likely N-dealkylation sites (tertiary alicyclic amines) is 1. The molecule has 6 heteroatoms. The third kappa shape index (κ3) is 3.22. The predicted molar refractivity (Wildman–Crippen MR) is 87.2 cm³/mol. The summed E-state index contributed by atoms with van der Waals surface area (Å²) in [5.74, 6) is 1.33. The van der Waals surface area contributed by atoms with Gasteiger partial charge in [-0.25, -0.2) is 0 Å². The van der Waals surface area contributed by atoms with E-state index < -0.39 is 0 Å². The van der Waals surface area contributed by atoms with Crippen LogP contribution < -0.4 is 0 Å². The highest BCUT2D eigenvalue weighted by atomic mass is 16.5. The minimum atomic E-state index is -0.0307. The summed E-state index contributed by atoms with van der Waals surface area (Å²) in [5, 5.41) is 4.07. The van der Waals surface area contributed by atoms with Crippen molar-refractivity contribution >= 4 is 0 Å². The van der Waals surface area contributed by atoms with Crippen LogP contribution >= 0.6 is 0 Å². The van der Waals surface area contributed by atoms with Crippen LogP contribution in [-0.2, 0) is 22.6 Å². The molecule has 1 spiro atoms. The first-order valence-electron chi connectivity index (χ1n) is 8.49. The second kappa shape index (κ2) is 6.63. The van der Waals surface area contributed by atoms with Crippen LogP contribution in [-0.4, -0.2) is 46.9 Å². The lowest BCUT2D eigenvalue weighted by Gasteiger charge is -2.50. The fraction of sp³-hybridized carbons (Fsp3) is 0.556. The van der Waals surface area contributed by atoms with Gasteiger partial charge in [0, 0.05) is 50.6 Å². The number of hydrogen-bond donors (Lipinski definition) is 0. The zero-order valence-corrected chi connectivity index (χ0v) is 14.0. The molecule has 2 saturated heterocycles. The van der Waals surface area contributed by atoms with Gasteiger partial charge in [-0.15, -0.1) is 0 Å². The van der Waals surface area contributed by atoms with Gasteiger partial charge in [0.2, 0.25) is 0 Å². The lowest BCUT2D eigenvalue weighted by atomic mass is 9.81. The standard InChI is InChI=1S/C18H23N3O3/c1-14-8-17(20-24-14)9-21-12-18(13-21)16(4-7-23-18)11-22-10-15-2-5-19-6-3-15/h2-3,5-6,8,16H,4,7,9-13H2,1H3/t16-/m1/s1. The molecule has 0 radical (unpaired) electrons. The van der Waals surface area contributed by atoms with E-state index in [1.807, 2.05) is 25.1 Å². The second-order valence-electron chi connectivity index (χ2n) is 6.84. The SMILES string of the molecule is Cc1cc(CN2CC3(C2)OCC[C@@H]3COCc2ccncc2)no1. The molecule has 128 valence electrons. The van der Waals surface area contributed by atoms with Gasteiger partial charge in [-0.1, -0.05) is 5.16 Å². The third-order valence-electron chi connectivity index (χ3n) is 4.98. The van der Waals surface area contributed by atoms with Crippen molar-refractivity contribution in [1.82, 2.24) is 15.0 Å². The summed E-state index contributed by atoms with van der Waals surface area (Å²) in [5.41, 5.74) is 2.12. The zero-order chi connectivity index (χ0) is 16.4. The van der Waals surface area contributed by atoms with Crippen LogP contribution in [0.3, 0.4) is 0 Å². The summed E-state index contributed by atoms with van der Waals surface area (Å²) < 4.78 is 17.2. The Hall–Kier alpha value is -1.76. The maximum Gasteiger partial charge on any atom is 0.133 e. The summed E-state index contributed by atoms with van der Waals surface area (Å²) in [4.78, 5) is 6.39. The summed E-state index contributed by atoms with van der Waals surface area (Å²) in [7, 11) is 0. The lowest BCUT2D eigenvalue weighted by Crippen LogP contribution is -2.64. The number of aromatic nitrogens is 2. The topological polar surface area (TPSA) is 60.6 Å². The Kier molecular flexibility index (Phi) is 4.35. The Morgan fingerprint density at radius 3 is 2.92 bits per heavy atom. The van der Waals surface area contributed by atoms with Crippen molar-refractivity contribution in [2.45, 2.75) is 32.1 Å². The van der Waals surface area contributed by atoms with Gasteiger partial charge in [0.05, 0.1) is 24.5 Å². The monoisotopic (exact) mass is 329 g/mol. The van der Waals surface area contributed by atoms with E-state index in [2.05, 4.69) is 15.0 Å².